The van der Waals surface area contributed by atoms with Crippen LogP contribution in [0.2, 0.25) is 0 Å². The van der Waals surface area contributed by atoms with Crippen LogP contribution in [0.15, 0.2) is 30.6 Å². The van der Waals surface area contributed by atoms with Crippen molar-refractivity contribution < 1.29 is 4.74 Å². The molecule has 1 atom stereocenters. The van der Waals surface area contributed by atoms with Crippen molar-refractivity contribution in [3.05, 3.63) is 47.3 Å². The van der Waals surface area contributed by atoms with Gasteiger partial charge in [-0.2, -0.15) is 5.10 Å². The predicted octanol–water partition coefficient (Wildman–Crippen LogP) is 3.16. The van der Waals surface area contributed by atoms with Gasteiger partial charge in [-0.05, 0) is 50.8 Å². The van der Waals surface area contributed by atoms with Crippen LogP contribution in [-0.4, -0.2) is 22.9 Å². The van der Waals surface area contributed by atoms with Crippen LogP contribution in [0, 0.1) is 6.92 Å². The molecule has 1 aromatic carbocycles. The molecule has 2 aromatic rings. The molecule has 3 rings (SSSR count). The van der Waals surface area contributed by atoms with Gasteiger partial charge in [-0.15, -0.1) is 0 Å². The Morgan fingerprint density at radius 2 is 2.32 bits per heavy atom. The second-order valence-electron chi connectivity index (χ2n) is 6.16. The number of hydrogen-bond acceptors (Lipinski definition) is 3. The molecule has 118 valence electrons. The van der Waals surface area contributed by atoms with E-state index in [1.54, 1.807) is 0 Å². The smallest absolute Gasteiger partial charge is 0.124 e. The van der Waals surface area contributed by atoms with Gasteiger partial charge in [0.1, 0.15) is 5.75 Å². The van der Waals surface area contributed by atoms with E-state index in [9.17, 15) is 0 Å². The lowest BCUT2D eigenvalue weighted by molar-refractivity contribution is 0.315. The van der Waals surface area contributed by atoms with Crippen molar-refractivity contribution in [2.24, 2.45) is 7.05 Å². The van der Waals surface area contributed by atoms with E-state index in [1.165, 1.54) is 16.7 Å². The van der Waals surface area contributed by atoms with Crippen molar-refractivity contribution in [3.8, 4) is 5.75 Å². The van der Waals surface area contributed by atoms with E-state index in [1.807, 2.05) is 17.9 Å². The van der Waals surface area contributed by atoms with Gasteiger partial charge in [0, 0.05) is 24.8 Å². The number of hydrogen-bond donors (Lipinski definition) is 1. The molecule has 0 fully saturated rings. The van der Waals surface area contributed by atoms with Gasteiger partial charge in [0.05, 0.1) is 12.8 Å². The summed E-state index contributed by atoms with van der Waals surface area (Å²) in [7, 11) is 1.96. The average molecular weight is 299 g/mol. The first-order valence-electron chi connectivity index (χ1n) is 8.16. The standard InChI is InChI=1S/C18H25N3O/c1-14-7-8-18-16(11-14)17(6-4-10-22-18)19-9-3-5-15-12-20-21(2)13-15/h7-8,11-13,17,19H,3-6,9-10H2,1-2H3. The van der Waals surface area contributed by atoms with E-state index in [2.05, 4.69) is 41.7 Å². The minimum absolute atomic E-state index is 0.409. The summed E-state index contributed by atoms with van der Waals surface area (Å²) in [4.78, 5) is 0. The van der Waals surface area contributed by atoms with Crippen LogP contribution >= 0.6 is 0 Å². The van der Waals surface area contributed by atoms with Crippen LogP contribution in [0.4, 0.5) is 0 Å². The van der Waals surface area contributed by atoms with Gasteiger partial charge >= 0.3 is 0 Å². The van der Waals surface area contributed by atoms with Gasteiger partial charge in [0.2, 0.25) is 0 Å². The van der Waals surface area contributed by atoms with Gasteiger partial charge in [-0.25, -0.2) is 0 Å². The molecule has 4 nitrogen and oxygen atoms in total. The summed E-state index contributed by atoms with van der Waals surface area (Å²) in [5, 5.41) is 7.93. The molecule has 1 aliphatic heterocycles. The molecule has 1 N–H and O–H groups in total. The summed E-state index contributed by atoms with van der Waals surface area (Å²) < 4.78 is 7.73. The number of ether oxygens (including phenoxy) is 1. The quantitative estimate of drug-likeness (QED) is 0.862. The maximum atomic E-state index is 5.86. The van der Waals surface area contributed by atoms with Crippen molar-refractivity contribution in [2.45, 2.75) is 38.6 Å². The molecule has 0 saturated heterocycles. The number of aromatic nitrogens is 2. The summed E-state index contributed by atoms with van der Waals surface area (Å²) in [6, 6.07) is 6.91. The molecule has 1 unspecified atom stereocenters. The first kappa shape index (κ1) is 15.1. The zero-order valence-corrected chi connectivity index (χ0v) is 13.5. The molecule has 0 bridgehead atoms. The number of fused-ring (bicyclic) bond motifs is 1. The lowest BCUT2D eigenvalue weighted by atomic mass is 10.00. The molecule has 0 radical (unpaired) electrons. The predicted molar refractivity (Wildman–Crippen MR) is 88.2 cm³/mol. The highest BCUT2D eigenvalue weighted by Gasteiger charge is 2.19. The topological polar surface area (TPSA) is 39.1 Å². The van der Waals surface area contributed by atoms with E-state index in [0.29, 0.717) is 6.04 Å². The van der Waals surface area contributed by atoms with E-state index >= 15 is 0 Å². The maximum absolute atomic E-state index is 5.86. The Bertz CT molecular complexity index is 621. The van der Waals surface area contributed by atoms with Gasteiger partial charge in [0.25, 0.3) is 0 Å². The first-order chi connectivity index (χ1) is 10.7. The van der Waals surface area contributed by atoms with Crippen molar-refractivity contribution in [3.63, 3.8) is 0 Å². The second-order valence-corrected chi connectivity index (χ2v) is 6.16. The number of benzene rings is 1. The summed E-state index contributed by atoms with van der Waals surface area (Å²) in [6.45, 7) is 3.99. The summed E-state index contributed by atoms with van der Waals surface area (Å²) in [5.74, 6) is 1.05. The fourth-order valence-corrected chi connectivity index (χ4v) is 3.08. The molecule has 0 saturated carbocycles. The molecular weight excluding hydrogens is 274 g/mol. The zero-order chi connectivity index (χ0) is 15.4. The first-order valence-corrected chi connectivity index (χ1v) is 8.16. The van der Waals surface area contributed by atoms with Gasteiger partial charge in [0.15, 0.2) is 0 Å². The third-order valence-electron chi connectivity index (χ3n) is 4.23. The Morgan fingerprint density at radius 3 is 3.14 bits per heavy atom. The molecule has 1 aliphatic rings. The Labute approximate surface area is 132 Å². The lowest BCUT2D eigenvalue weighted by Crippen LogP contribution is -2.22. The molecule has 2 heterocycles. The maximum Gasteiger partial charge on any atom is 0.124 e. The Kier molecular flexibility index (Phi) is 4.78. The van der Waals surface area contributed by atoms with E-state index in [-0.39, 0.29) is 0 Å². The van der Waals surface area contributed by atoms with Crippen LogP contribution in [0.1, 0.15) is 42.0 Å². The van der Waals surface area contributed by atoms with E-state index in [0.717, 1.165) is 44.6 Å². The zero-order valence-electron chi connectivity index (χ0n) is 13.5. The highest BCUT2D eigenvalue weighted by atomic mass is 16.5. The van der Waals surface area contributed by atoms with Gasteiger partial charge in [-0.3, -0.25) is 4.68 Å². The van der Waals surface area contributed by atoms with Crippen LogP contribution in [-0.2, 0) is 13.5 Å². The lowest BCUT2D eigenvalue weighted by Gasteiger charge is -2.19. The Morgan fingerprint density at radius 1 is 1.41 bits per heavy atom. The molecule has 1 aromatic heterocycles. The van der Waals surface area contributed by atoms with Crippen molar-refractivity contribution >= 4 is 0 Å². The van der Waals surface area contributed by atoms with E-state index in [4.69, 9.17) is 4.74 Å². The number of nitrogens with zero attached hydrogens (tertiary/aromatic N) is 2. The minimum Gasteiger partial charge on any atom is -0.493 e. The average Bonchev–Trinajstić information content (AvgIpc) is 2.81. The van der Waals surface area contributed by atoms with Gasteiger partial charge in [-0.1, -0.05) is 17.7 Å². The minimum atomic E-state index is 0.409. The number of rotatable bonds is 5. The van der Waals surface area contributed by atoms with Crippen molar-refractivity contribution in [2.75, 3.05) is 13.2 Å². The fourth-order valence-electron chi connectivity index (χ4n) is 3.08. The second kappa shape index (κ2) is 6.97. The highest BCUT2D eigenvalue weighted by molar-refractivity contribution is 5.39. The highest BCUT2D eigenvalue weighted by Crippen LogP contribution is 2.32. The molecule has 4 heteroatoms. The van der Waals surface area contributed by atoms with Gasteiger partial charge < -0.3 is 10.1 Å². The molecule has 22 heavy (non-hydrogen) atoms. The van der Waals surface area contributed by atoms with E-state index < -0.39 is 0 Å². The monoisotopic (exact) mass is 299 g/mol. The summed E-state index contributed by atoms with van der Waals surface area (Å²) >= 11 is 0. The molecule has 0 amide bonds. The van der Waals surface area contributed by atoms with Crippen LogP contribution in [0.5, 0.6) is 5.75 Å². The Hall–Kier alpha value is -1.81. The van der Waals surface area contributed by atoms with Crippen LogP contribution in [0.25, 0.3) is 0 Å². The van der Waals surface area contributed by atoms with Crippen molar-refractivity contribution in [1.29, 1.82) is 0 Å². The number of nitrogens with one attached hydrogen (secondary N) is 1. The third-order valence-corrected chi connectivity index (χ3v) is 4.23. The SMILES string of the molecule is Cc1ccc2c(c1)C(NCCCc1cnn(C)c1)CCCO2. The summed E-state index contributed by atoms with van der Waals surface area (Å²) in [5.41, 5.74) is 3.93. The van der Waals surface area contributed by atoms with Crippen LogP contribution < -0.4 is 10.1 Å². The fraction of sp³-hybridized carbons (Fsp3) is 0.500. The molecular formula is C18H25N3O. The number of aryl methyl sites for hydroxylation is 3. The Balaban J connectivity index is 1.57. The molecule has 0 spiro atoms. The largest absolute Gasteiger partial charge is 0.493 e. The van der Waals surface area contributed by atoms with Crippen molar-refractivity contribution in [1.82, 2.24) is 15.1 Å². The summed E-state index contributed by atoms with van der Waals surface area (Å²) in [6.07, 6.45) is 8.50. The normalized spacial score (nSPS) is 17.6. The third kappa shape index (κ3) is 3.69. The molecule has 0 aliphatic carbocycles. The van der Waals surface area contributed by atoms with Crippen LogP contribution in [0.3, 0.4) is 0 Å².